The number of rotatable bonds is 12. The molecule has 3 N–H and O–H groups in total. The molecule has 2 atom stereocenters. The smallest absolute Gasteiger partial charge is 0.349 e. The van der Waals surface area contributed by atoms with Crippen LogP contribution >= 0.6 is 30.3 Å². The van der Waals surface area contributed by atoms with E-state index in [1.807, 2.05) is 29.6 Å². The molecule has 0 bridgehead atoms. The zero-order valence-electron chi connectivity index (χ0n) is 29.8. The Bertz CT molecular complexity index is 2050. The number of nitrogens with zero attached hydrogens (tertiary/aromatic N) is 4. The fourth-order valence-corrected chi connectivity index (χ4v) is 9.23. The van der Waals surface area contributed by atoms with Crippen molar-refractivity contribution in [2.75, 3.05) is 32.1 Å². The number of nitrogens with one attached hydrogen (secondary N) is 1. The molecule has 1 saturated heterocycles. The van der Waals surface area contributed by atoms with Gasteiger partial charge in [-0.25, -0.2) is 4.98 Å². The van der Waals surface area contributed by atoms with Gasteiger partial charge in [0.2, 0.25) is 17.7 Å². The predicted molar refractivity (Wildman–Crippen MR) is 204 cm³/mol. The number of hydrogen-bond acceptors (Lipinski definition) is 8. The lowest BCUT2D eigenvalue weighted by Gasteiger charge is -2.36. The maximum absolute atomic E-state index is 14.6. The van der Waals surface area contributed by atoms with E-state index >= 15 is 0 Å². The fraction of sp³-hybridized carbons (Fsp3) is 0.432. The molecule has 12 nitrogen and oxygen atoms in total. The van der Waals surface area contributed by atoms with Gasteiger partial charge < -0.3 is 29.8 Å². The first kappa shape index (κ1) is 39.6. The second kappa shape index (κ2) is 16.3. The topological polar surface area (TPSA) is 160 Å². The summed E-state index contributed by atoms with van der Waals surface area (Å²) in [6.07, 6.45) is 6.89. The van der Waals surface area contributed by atoms with Crippen LogP contribution in [0.3, 0.4) is 0 Å². The lowest BCUT2D eigenvalue weighted by Crippen LogP contribution is -2.56. The van der Waals surface area contributed by atoms with Gasteiger partial charge >= 0.3 is 13.3 Å². The summed E-state index contributed by atoms with van der Waals surface area (Å²) in [7, 11) is -2.50. The second-order valence-electron chi connectivity index (χ2n) is 13.9. The minimum atomic E-state index is -5.79. The lowest BCUT2D eigenvalue weighted by atomic mass is 9.83. The summed E-state index contributed by atoms with van der Waals surface area (Å²) >= 11 is 2.50. The van der Waals surface area contributed by atoms with E-state index < -0.39 is 36.8 Å². The van der Waals surface area contributed by atoms with Gasteiger partial charge in [0.05, 0.1) is 4.88 Å². The Morgan fingerprint density at radius 2 is 1.74 bits per heavy atom. The Hall–Kier alpha value is -4.08. The third-order valence-electron chi connectivity index (χ3n) is 10.1. The number of halogens is 2. The molecule has 0 unspecified atom stereocenters. The Balaban J connectivity index is 1.25. The van der Waals surface area contributed by atoms with Crippen molar-refractivity contribution in [3.05, 3.63) is 70.5 Å². The Labute approximate surface area is 319 Å². The van der Waals surface area contributed by atoms with Crippen LogP contribution in [-0.2, 0) is 24.6 Å². The quantitative estimate of drug-likeness (QED) is 0.138. The molecule has 6 rings (SSSR count). The summed E-state index contributed by atoms with van der Waals surface area (Å²) in [6, 6.07) is 10.1. The van der Waals surface area contributed by atoms with E-state index in [0.29, 0.717) is 42.6 Å². The van der Waals surface area contributed by atoms with Crippen molar-refractivity contribution >= 4 is 69.7 Å². The molecule has 2 aliphatic rings. The standard InChI is InChI=1S/C37H42F2N5O7PS2/c1-42(2)31(45)16-19-43(27-13-10-24(11-14-27)34-40-17-20-53-34)35(47)28-9-6-18-44(28)36(48)32(23-7-4-3-5-8-23)41-33(46)30-22-25-21-26(12-15-29(25)54-30)37(38,39)52(49,50)51/h10-15,17,20-23,28,32H,3-9,16,18-19H2,1-2H3,(H,41,46)(H2,49,50,51)/t28-,32-/m0/s1. The minimum absolute atomic E-state index is 0.0714. The first-order chi connectivity index (χ1) is 25.7. The molecule has 2 aromatic heterocycles. The number of alkyl halides is 2. The highest BCUT2D eigenvalue weighted by atomic mass is 32.1. The highest BCUT2D eigenvalue weighted by molar-refractivity contribution is 7.52. The third kappa shape index (κ3) is 8.42. The molecule has 1 saturated carbocycles. The normalized spacial score (nSPS) is 17.4. The molecule has 17 heteroatoms. The molecule has 3 heterocycles. The highest BCUT2D eigenvalue weighted by Crippen LogP contribution is 2.59. The van der Waals surface area contributed by atoms with Crippen molar-refractivity contribution in [3.63, 3.8) is 0 Å². The Kier molecular flexibility index (Phi) is 12.0. The largest absolute Gasteiger partial charge is 0.399 e. The van der Waals surface area contributed by atoms with Crippen molar-refractivity contribution in [1.29, 1.82) is 0 Å². The number of benzene rings is 2. The average molecular weight is 802 g/mol. The van der Waals surface area contributed by atoms with Gasteiger partial charge in [0.25, 0.3) is 5.91 Å². The molecule has 4 aromatic rings. The van der Waals surface area contributed by atoms with Gasteiger partial charge in [0.15, 0.2) is 0 Å². The number of carbonyl (C=O) groups is 4. The first-order valence-corrected chi connectivity index (χ1v) is 21.1. The van der Waals surface area contributed by atoms with Gasteiger partial charge in [0, 0.05) is 66.7 Å². The van der Waals surface area contributed by atoms with Crippen molar-refractivity contribution < 1.29 is 42.3 Å². The SMILES string of the molecule is CN(C)C(=O)CCN(C(=O)[C@@H]1CCCN1C(=O)[C@@H](NC(=O)c1cc2cc(C(F)(F)P(=O)(O)O)ccc2s1)C1CCCCC1)c1ccc(-c2nccs2)cc1. The van der Waals surface area contributed by atoms with E-state index in [1.165, 1.54) is 28.4 Å². The van der Waals surface area contributed by atoms with E-state index in [0.717, 1.165) is 53.3 Å². The summed E-state index contributed by atoms with van der Waals surface area (Å²) in [5, 5.41) is 5.83. The van der Waals surface area contributed by atoms with E-state index in [-0.39, 0.29) is 46.9 Å². The fourth-order valence-electron chi connectivity index (χ4n) is 7.16. The van der Waals surface area contributed by atoms with Crippen LogP contribution in [0.2, 0.25) is 0 Å². The zero-order valence-corrected chi connectivity index (χ0v) is 32.3. The van der Waals surface area contributed by atoms with Gasteiger partial charge in [-0.2, -0.15) is 8.78 Å². The van der Waals surface area contributed by atoms with Crippen molar-refractivity contribution in [1.82, 2.24) is 20.1 Å². The minimum Gasteiger partial charge on any atom is -0.349 e. The summed E-state index contributed by atoms with van der Waals surface area (Å²) in [4.78, 5) is 82.9. The molecular weight excluding hydrogens is 760 g/mol. The molecule has 1 aliphatic heterocycles. The molecule has 4 amide bonds. The molecule has 2 aromatic carbocycles. The van der Waals surface area contributed by atoms with E-state index in [1.54, 1.807) is 30.1 Å². The number of hydrogen-bond donors (Lipinski definition) is 3. The molecule has 1 aliphatic carbocycles. The van der Waals surface area contributed by atoms with Crippen LogP contribution in [0.25, 0.3) is 20.7 Å². The van der Waals surface area contributed by atoms with Crippen LogP contribution in [0.1, 0.15) is 66.6 Å². The van der Waals surface area contributed by atoms with Gasteiger partial charge in [-0.1, -0.05) is 25.3 Å². The third-order valence-corrected chi connectivity index (χ3v) is 13.0. The van der Waals surface area contributed by atoms with E-state index in [2.05, 4.69) is 10.3 Å². The molecule has 54 heavy (non-hydrogen) atoms. The number of thiophene rings is 1. The second-order valence-corrected chi connectivity index (χ2v) is 17.5. The van der Waals surface area contributed by atoms with Crippen LogP contribution in [-0.4, -0.2) is 87.5 Å². The summed E-state index contributed by atoms with van der Waals surface area (Å²) in [5.74, 6) is -1.63. The summed E-state index contributed by atoms with van der Waals surface area (Å²) < 4.78 is 40.8. The molecule has 2 fully saturated rings. The van der Waals surface area contributed by atoms with Crippen molar-refractivity contribution in [2.24, 2.45) is 5.92 Å². The number of aromatic nitrogens is 1. The summed E-state index contributed by atoms with van der Waals surface area (Å²) in [6.45, 7) is 0.405. The Morgan fingerprint density at radius 1 is 1.02 bits per heavy atom. The highest BCUT2D eigenvalue weighted by Gasteiger charge is 2.50. The maximum Gasteiger partial charge on any atom is 0.399 e. The van der Waals surface area contributed by atoms with E-state index in [9.17, 15) is 42.3 Å². The number of fused-ring (bicyclic) bond motifs is 1. The number of thiazole rings is 1. The lowest BCUT2D eigenvalue weighted by molar-refractivity contribution is -0.140. The zero-order chi connectivity index (χ0) is 38.8. The maximum atomic E-state index is 14.6. The molecule has 288 valence electrons. The number of likely N-dealkylation sites (tertiary alicyclic amines) is 1. The molecular formula is C37H42F2N5O7PS2. The molecule has 0 radical (unpaired) electrons. The van der Waals surface area contributed by atoms with Crippen LogP contribution in [0.15, 0.2) is 60.1 Å². The van der Waals surface area contributed by atoms with Crippen molar-refractivity contribution in [3.8, 4) is 10.6 Å². The molecule has 0 spiro atoms. The van der Waals surface area contributed by atoms with Crippen molar-refractivity contribution in [2.45, 2.75) is 69.1 Å². The predicted octanol–water partition coefficient (Wildman–Crippen LogP) is 6.43. The van der Waals surface area contributed by atoms with Gasteiger partial charge in [-0.3, -0.25) is 23.7 Å². The van der Waals surface area contributed by atoms with Gasteiger partial charge in [-0.15, -0.1) is 22.7 Å². The summed E-state index contributed by atoms with van der Waals surface area (Å²) in [5.41, 5.74) is -3.82. The average Bonchev–Trinajstić information content (AvgIpc) is 3.95. The monoisotopic (exact) mass is 801 g/mol. The van der Waals surface area contributed by atoms with Gasteiger partial charge in [-0.05, 0) is 79.5 Å². The van der Waals surface area contributed by atoms with Gasteiger partial charge in [0.1, 0.15) is 17.1 Å². The Morgan fingerprint density at radius 3 is 2.39 bits per heavy atom. The van der Waals surface area contributed by atoms with Crippen LogP contribution < -0.4 is 10.2 Å². The van der Waals surface area contributed by atoms with Crippen LogP contribution in [0.5, 0.6) is 0 Å². The number of amides is 4. The number of carbonyl (C=O) groups excluding carboxylic acids is 4. The first-order valence-electron chi connectivity index (χ1n) is 17.8. The van der Waals surface area contributed by atoms with E-state index in [4.69, 9.17) is 0 Å². The van der Waals surface area contributed by atoms with Crippen LogP contribution in [0, 0.1) is 5.92 Å². The number of anilines is 1. The van der Waals surface area contributed by atoms with Crippen LogP contribution in [0.4, 0.5) is 14.5 Å².